The molecular formula is C17H19BrO3. The zero-order valence-electron chi connectivity index (χ0n) is 12.4. The van der Waals surface area contributed by atoms with Gasteiger partial charge >= 0.3 is 0 Å². The van der Waals surface area contributed by atoms with E-state index in [1.807, 2.05) is 36.4 Å². The molecule has 0 aliphatic carbocycles. The summed E-state index contributed by atoms with van der Waals surface area (Å²) in [5.41, 5.74) is 2.24. The fourth-order valence-corrected chi connectivity index (χ4v) is 2.98. The lowest BCUT2D eigenvalue weighted by Gasteiger charge is -2.16. The van der Waals surface area contributed by atoms with E-state index in [1.54, 1.807) is 21.3 Å². The molecule has 21 heavy (non-hydrogen) atoms. The summed E-state index contributed by atoms with van der Waals surface area (Å²) in [6.45, 7) is 0. The molecule has 0 N–H and O–H groups in total. The standard InChI is InChI=1S/C17H19BrO3/c1-19-13-8-9-14(17(11-13)21-3)15(18)10-12-6-4-5-7-16(12)20-2/h4-9,11,15H,10H2,1-3H3. The fourth-order valence-electron chi connectivity index (χ4n) is 2.25. The zero-order chi connectivity index (χ0) is 15.2. The number of rotatable bonds is 6. The smallest absolute Gasteiger partial charge is 0.126 e. The first-order chi connectivity index (χ1) is 10.2. The van der Waals surface area contributed by atoms with Crippen molar-refractivity contribution in [3.8, 4) is 17.2 Å². The average Bonchev–Trinajstić information content (AvgIpc) is 2.54. The quantitative estimate of drug-likeness (QED) is 0.723. The number of ether oxygens (including phenoxy) is 3. The molecule has 1 atom stereocenters. The summed E-state index contributed by atoms with van der Waals surface area (Å²) in [5.74, 6) is 2.49. The van der Waals surface area contributed by atoms with Gasteiger partial charge in [-0.05, 0) is 24.1 Å². The Morgan fingerprint density at radius 3 is 2.29 bits per heavy atom. The van der Waals surface area contributed by atoms with Gasteiger partial charge < -0.3 is 14.2 Å². The summed E-state index contributed by atoms with van der Waals surface area (Å²) < 4.78 is 16.1. The van der Waals surface area contributed by atoms with E-state index in [9.17, 15) is 0 Å². The minimum Gasteiger partial charge on any atom is -0.497 e. The number of hydrogen-bond acceptors (Lipinski definition) is 3. The number of para-hydroxylation sites is 1. The molecule has 0 aliphatic rings. The number of halogens is 1. The van der Waals surface area contributed by atoms with Gasteiger partial charge in [-0.25, -0.2) is 0 Å². The van der Waals surface area contributed by atoms with E-state index in [0.29, 0.717) is 0 Å². The lowest BCUT2D eigenvalue weighted by molar-refractivity contribution is 0.390. The van der Waals surface area contributed by atoms with Crippen molar-refractivity contribution in [1.82, 2.24) is 0 Å². The van der Waals surface area contributed by atoms with Crippen molar-refractivity contribution in [3.05, 3.63) is 53.6 Å². The zero-order valence-corrected chi connectivity index (χ0v) is 14.0. The molecule has 2 rings (SSSR count). The molecule has 2 aromatic rings. The Hall–Kier alpha value is -1.68. The van der Waals surface area contributed by atoms with Crippen LogP contribution in [0.25, 0.3) is 0 Å². The third-order valence-electron chi connectivity index (χ3n) is 3.37. The largest absolute Gasteiger partial charge is 0.497 e. The first-order valence-corrected chi connectivity index (χ1v) is 7.59. The topological polar surface area (TPSA) is 27.7 Å². The molecule has 1 unspecified atom stereocenters. The number of alkyl halides is 1. The van der Waals surface area contributed by atoms with Gasteiger partial charge in [0.25, 0.3) is 0 Å². The molecule has 0 spiro atoms. The third-order valence-corrected chi connectivity index (χ3v) is 4.19. The second kappa shape index (κ2) is 7.36. The Morgan fingerprint density at radius 1 is 0.905 bits per heavy atom. The minimum atomic E-state index is 0.134. The minimum absolute atomic E-state index is 0.134. The van der Waals surface area contributed by atoms with Crippen LogP contribution >= 0.6 is 15.9 Å². The van der Waals surface area contributed by atoms with Crippen molar-refractivity contribution in [1.29, 1.82) is 0 Å². The molecule has 0 heterocycles. The highest BCUT2D eigenvalue weighted by Gasteiger charge is 2.16. The monoisotopic (exact) mass is 350 g/mol. The van der Waals surface area contributed by atoms with E-state index in [4.69, 9.17) is 14.2 Å². The van der Waals surface area contributed by atoms with Crippen LogP contribution < -0.4 is 14.2 Å². The Bertz CT molecular complexity index is 598. The molecule has 0 aromatic heterocycles. The highest BCUT2D eigenvalue weighted by Crippen LogP contribution is 2.37. The molecule has 0 amide bonds. The molecule has 0 radical (unpaired) electrons. The fraction of sp³-hybridized carbons (Fsp3) is 0.294. The van der Waals surface area contributed by atoms with Crippen LogP contribution in [0, 0.1) is 0 Å². The van der Waals surface area contributed by atoms with E-state index in [1.165, 1.54) is 0 Å². The Labute approximate surface area is 134 Å². The molecule has 2 aromatic carbocycles. The van der Waals surface area contributed by atoms with Gasteiger partial charge in [0.05, 0.1) is 21.3 Å². The molecule has 0 bridgehead atoms. The number of methoxy groups -OCH3 is 3. The average molecular weight is 351 g/mol. The number of hydrogen-bond donors (Lipinski definition) is 0. The van der Waals surface area contributed by atoms with E-state index in [-0.39, 0.29) is 4.83 Å². The predicted octanol–water partition coefficient (Wildman–Crippen LogP) is 4.39. The van der Waals surface area contributed by atoms with E-state index in [2.05, 4.69) is 22.0 Å². The molecule has 0 aliphatic heterocycles. The first-order valence-electron chi connectivity index (χ1n) is 6.67. The van der Waals surface area contributed by atoms with Gasteiger partial charge in [0.2, 0.25) is 0 Å². The lowest BCUT2D eigenvalue weighted by Crippen LogP contribution is -2.01. The first kappa shape index (κ1) is 15.7. The van der Waals surface area contributed by atoms with Crippen LogP contribution in [0.15, 0.2) is 42.5 Å². The molecule has 4 heteroatoms. The van der Waals surface area contributed by atoms with Crippen LogP contribution in [0.3, 0.4) is 0 Å². The van der Waals surface area contributed by atoms with Gasteiger partial charge in [-0.3, -0.25) is 0 Å². The highest BCUT2D eigenvalue weighted by atomic mass is 79.9. The van der Waals surface area contributed by atoms with Gasteiger partial charge in [0.15, 0.2) is 0 Å². The van der Waals surface area contributed by atoms with E-state index < -0.39 is 0 Å². The second-order valence-electron chi connectivity index (χ2n) is 4.59. The summed E-state index contributed by atoms with van der Waals surface area (Å²) in [7, 11) is 5.01. The maximum Gasteiger partial charge on any atom is 0.126 e. The van der Waals surface area contributed by atoms with Gasteiger partial charge in [0, 0.05) is 16.5 Å². The molecular weight excluding hydrogens is 332 g/mol. The molecule has 0 fully saturated rings. The van der Waals surface area contributed by atoms with Gasteiger partial charge in [-0.2, -0.15) is 0 Å². The van der Waals surface area contributed by atoms with Gasteiger partial charge in [-0.15, -0.1) is 0 Å². The van der Waals surface area contributed by atoms with Crippen LogP contribution in [-0.2, 0) is 6.42 Å². The van der Waals surface area contributed by atoms with Crippen molar-refractivity contribution in [3.63, 3.8) is 0 Å². The molecule has 0 saturated carbocycles. The van der Waals surface area contributed by atoms with Crippen LogP contribution in [0.1, 0.15) is 16.0 Å². The lowest BCUT2D eigenvalue weighted by atomic mass is 10.0. The predicted molar refractivity (Wildman–Crippen MR) is 87.9 cm³/mol. The van der Waals surface area contributed by atoms with Crippen molar-refractivity contribution in [2.24, 2.45) is 0 Å². The summed E-state index contributed by atoms with van der Waals surface area (Å²) >= 11 is 3.75. The van der Waals surface area contributed by atoms with Gasteiger partial charge in [-0.1, -0.05) is 40.2 Å². The van der Waals surface area contributed by atoms with Crippen molar-refractivity contribution >= 4 is 15.9 Å². The van der Waals surface area contributed by atoms with Crippen LogP contribution in [0.5, 0.6) is 17.2 Å². The maximum atomic E-state index is 5.46. The van der Waals surface area contributed by atoms with E-state index in [0.717, 1.165) is 34.8 Å². The summed E-state index contributed by atoms with van der Waals surface area (Å²) in [5, 5.41) is 0. The Kier molecular flexibility index (Phi) is 5.51. The summed E-state index contributed by atoms with van der Waals surface area (Å²) in [6, 6.07) is 13.9. The van der Waals surface area contributed by atoms with E-state index >= 15 is 0 Å². The molecule has 0 saturated heterocycles. The van der Waals surface area contributed by atoms with Crippen molar-refractivity contribution < 1.29 is 14.2 Å². The molecule has 112 valence electrons. The summed E-state index contributed by atoms with van der Waals surface area (Å²) in [6.07, 6.45) is 0.812. The van der Waals surface area contributed by atoms with Crippen LogP contribution in [0.2, 0.25) is 0 Å². The van der Waals surface area contributed by atoms with Crippen molar-refractivity contribution in [2.75, 3.05) is 21.3 Å². The normalized spacial score (nSPS) is 11.8. The van der Waals surface area contributed by atoms with Crippen LogP contribution in [-0.4, -0.2) is 21.3 Å². The SMILES string of the molecule is COc1ccc(C(Br)Cc2ccccc2OC)c(OC)c1. The van der Waals surface area contributed by atoms with Crippen LogP contribution in [0.4, 0.5) is 0 Å². The Balaban J connectivity index is 2.25. The van der Waals surface area contributed by atoms with Crippen molar-refractivity contribution in [2.45, 2.75) is 11.2 Å². The highest BCUT2D eigenvalue weighted by molar-refractivity contribution is 9.09. The van der Waals surface area contributed by atoms with Gasteiger partial charge in [0.1, 0.15) is 17.2 Å². The third kappa shape index (κ3) is 3.70. The molecule has 3 nitrogen and oxygen atoms in total. The summed E-state index contributed by atoms with van der Waals surface area (Å²) in [4.78, 5) is 0.134. The second-order valence-corrected chi connectivity index (χ2v) is 5.70. The number of benzene rings is 2. The maximum absolute atomic E-state index is 5.46. The Morgan fingerprint density at radius 2 is 1.62 bits per heavy atom.